The van der Waals surface area contributed by atoms with Crippen LogP contribution in [0, 0.1) is 0 Å². The van der Waals surface area contributed by atoms with Crippen LogP contribution in [-0.2, 0) is 4.79 Å². The molecule has 0 saturated heterocycles. The van der Waals surface area contributed by atoms with E-state index < -0.39 is 17.6 Å². The molecule has 6 nitrogen and oxygen atoms in total. The van der Waals surface area contributed by atoms with Gasteiger partial charge in [-0.15, -0.1) is 0 Å². The number of hydrogen-bond donors (Lipinski definition) is 1. The molecule has 160 valence electrons. The molecule has 1 N–H and O–H groups in total. The zero-order valence-electron chi connectivity index (χ0n) is 17.0. The highest BCUT2D eigenvalue weighted by Gasteiger charge is 2.44. The molecule has 0 spiro atoms. The van der Waals surface area contributed by atoms with Gasteiger partial charge in [-0.3, -0.25) is 4.79 Å². The van der Waals surface area contributed by atoms with E-state index in [1.165, 1.54) is 0 Å². The molecule has 2 heterocycles. The number of hydrogen-bond acceptors (Lipinski definition) is 5. The van der Waals surface area contributed by atoms with E-state index in [0.717, 1.165) is 5.56 Å². The molecule has 0 fully saturated rings. The average molecular weight is 448 g/mol. The van der Waals surface area contributed by atoms with Crippen molar-refractivity contribution in [2.75, 3.05) is 12.4 Å². The van der Waals surface area contributed by atoms with Gasteiger partial charge in [0.1, 0.15) is 17.1 Å². The van der Waals surface area contributed by atoms with Crippen LogP contribution in [0.3, 0.4) is 0 Å². The van der Waals surface area contributed by atoms with E-state index in [4.69, 9.17) is 25.5 Å². The van der Waals surface area contributed by atoms with Gasteiger partial charge in [-0.25, -0.2) is 4.79 Å². The van der Waals surface area contributed by atoms with Gasteiger partial charge in [0.15, 0.2) is 6.10 Å². The molecule has 1 aliphatic heterocycles. The van der Waals surface area contributed by atoms with Crippen LogP contribution in [0.25, 0.3) is 11.0 Å². The zero-order valence-corrected chi connectivity index (χ0v) is 17.8. The Morgan fingerprint density at radius 3 is 2.44 bits per heavy atom. The van der Waals surface area contributed by atoms with E-state index in [1.807, 2.05) is 6.07 Å². The number of nitrogens with one attached hydrogen (secondary N) is 1. The lowest BCUT2D eigenvalue weighted by atomic mass is 9.88. The summed E-state index contributed by atoms with van der Waals surface area (Å²) in [5.74, 6) is 0.0125. The van der Waals surface area contributed by atoms with Gasteiger partial charge in [0.25, 0.3) is 5.91 Å². The highest BCUT2D eigenvalue weighted by molar-refractivity contribution is 6.30. The van der Waals surface area contributed by atoms with E-state index >= 15 is 0 Å². The summed E-state index contributed by atoms with van der Waals surface area (Å²) in [7, 11) is 1.57. The average Bonchev–Trinajstić information content (AvgIpc) is 3.22. The number of fused-ring (bicyclic) bond motifs is 3. The first-order valence-electron chi connectivity index (χ1n) is 9.98. The predicted molar refractivity (Wildman–Crippen MR) is 122 cm³/mol. The van der Waals surface area contributed by atoms with Crippen LogP contribution in [0.5, 0.6) is 11.5 Å². The number of anilines is 1. The first-order valence-corrected chi connectivity index (χ1v) is 10.4. The quantitative estimate of drug-likeness (QED) is 0.446. The third-order valence-corrected chi connectivity index (χ3v) is 5.75. The van der Waals surface area contributed by atoms with Crippen molar-refractivity contribution in [3.05, 3.63) is 99.4 Å². The van der Waals surface area contributed by atoms with Crippen molar-refractivity contribution in [1.29, 1.82) is 0 Å². The van der Waals surface area contributed by atoms with Crippen LogP contribution >= 0.6 is 11.6 Å². The number of benzene rings is 3. The van der Waals surface area contributed by atoms with Gasteiger partial charge in [-0.2, -0.15) is 0 Å². The summed E-state index contributed by atoms with van der Waals surface area (Å²) in [6.45, 7) is 0. The normalized spacial score (nSPS) is 16.9. The highest BCUT2D eigenvalue weighted by atomic mass is 35.5. The van der Waals surface area contributed by atoms with E-state index in [0.29, 0.717) is 38.7 Å². The molecule has 0 radical (unpaired) electrons. The van der Waals surface area contributed by atoms with Gasteiger partial charge in [-0.05, 0) is 54.1 Å². The Morgan fingerprint density at radius 1 is 1.00 bits per heavy atom. The molecule has 1 aromatic heterocycles. The smallest absolute Gasteiger partial charge is 0.344 e. The van der Waals surface area contributed by atoms with E-state index in [1.54, 1.807) is 73.8 Å². The third-order valence-electron chi connectivity index (χ3n) is 5.50. The van der Waals surface area contributed by atoms with Crippen LogP contribution in [0.1, 0.15) is 17.0 Å². The number of halogens is 1. The SMILES string of the molecule is COc1ccc(NC(=O)[C@H]2Oc3c(c(=O)oc4ccccc34)[C@H]2c2ccc(Cl)cc2)cc1. The summed E-state index contributed by atoms with van der Waals surface area (Å²) in [5.41, 5.74) is 1.51. The lowest BCUT2D eigenvalue weighted by Gasteiger charge is -2.19. The van der Waals surface area contributed by atoms with Gasteiger partial charge in [0.2, 0.25) is 0 Å². The predicted octanol–water partition coefficient (Wildman–Crippen LogP) is 4.99. The Kier molecular flexibility index (Phi) is 5.07. The Bertz CT molecular complexity index is 1360. The van der Waals surface area contributed by atoms with Crippen molar-refractivity contribution in [2.24, 2.45) is 0 Å². The van der Waals surface area contributed by atoms with Crippen molar-refractivity contribution in [2.45, 2.75) is 12.0 Å². The fourth-order valence-electron chi connectivity index (χ4n) is 3.98. The second kappa shape index (κ2) is 8.05. The lowest BCUT2D eigenvalue weighted by molar-refractivity contribution is -0.122. The summed E-state index contributed by atoms with van der Waals surface area (Å²) < 4.78 is 16.9. The number of methoxy groups -OCH3 is 1. The molecule has 0 aliphatic carbocycles. The molecule has 32 heavy (non-hydrogen) atoms. The van der Waals surface area contributed by atoms with Crippen LogP contribution in [-0.4, -0.2) is 19.1 Å². The first kappa shape index (κ1) is 20.2. The number of carbonyl (C=O) groups is 1. The maximum Gasteiger partial charge on any atom is 0.344 e. The van der Waals surface area contributed by atoms with Crippen molar-refractivity contribution in [3.63, 3.8) is 0 Å². The number of ether oxygens (including phenoxy) is 2. The van der Waals surface area contributed by atoms with Crippen molar-refractivity contribution in [1.82, 2.24) is 0 Å². The minimum absolute atomic E-state index is 0.320. The Labute approximate surface area is 188 Å². The largest absolute Gasteiger partial charge is 0.497 e. The van der Waals surface area contributed by atoms with Crippen LogP contribution in [0.15, 0.2) is 82.0 Å². The summed E-state index contributed by atoms with van der Waals surface area (Å²) in [6, 6.07) is 21.1. The summed E-state index contributed by atoms with van der Waals surface area (Å²) in [4.78, 5) is 26.3. The molecule has 2 atom stereocenters. The van der Waals surface area contributed by atoms with E-state index in [9.17, 15) is 9.59 Å². The Morgan fingerprint density at radius 2 is 1.72 bits per heavy atom. The van der Waals surface area contributed by atoms with Crippen LogP contribution in [0.4, 0.5) is 5.69 Å². The number of carbonyl (C=O) groups excluding carboxylic acids is 1. The molecular weight excluding hydrogens is 430 g/mol. The summed E-state index contributed by atoms with van der Waals surface area (Å²) >= 11 is 6.06. The number of amides is 1. The molecule has 7 heteroatoms. The Hall–Kier alpha value is -3.77. The van der Waals surface area contributed by atoms with Crippen molar-refractivity contribution < 1.29 is 18.7 Å². The fourth-order valence-corrected chi connectivity index (χ4v) is 4.11. The fraction of sp³-hybridized carbons (Fsp3) is 0.120. The maximum atomic E-state index is 13.3. The minimum Gasteiger partial charge on any atom is -0.497 e. The molecule has 1 amide bonds. The molecular formula is C25H18ClNO5. The second-order valence-corrected chi connectivity index (χ2v) is 7.85. The zero-order chi connectivity index (χ0) is 22.2. The summed E-state index contributed by atoms with van der Waals surface area (Å²) in [6.07, 6.45) is -0.970. The summed E-state index contributed by atoms with van der Waals surface area (Å²) in [5, 5.41) is 4.06. The maximum absolute atomic E-state index is 13.3. The van der Waals surface area contributed by atoms with Crippen LogP contribution < -0.4 is 20.4 Å². The van der Waals surface area contributed by atoms with Gasteiger partial charge >= 0.3 is 5.63 Å². The lowest BCUT2D eigenvalue weighted by Crippen LogP contribution is -2.35. The monoisotopic (exact) mass is 447 g/mol. The molecule has 1 aliphatic rings. The van der Waals surface area contributed by atoms with Crippen LogP contribution in [0.2, 0.25) is 5.02 Å². The minimum atomic E-state index is -0.970. The third kappa shape index (κ3) is 3.48. The topological polar surface area (TPSA) is 77.8 Å². The van der Waals surface area contributed by atoms with Gasteiger partial charge in [0.05, 0.1) is 24.0 Å². The molecule has 4 aromatic rings. The van der Waals surface area contributed by atoms with Gasteiger partial charge in [-0.1, -0.05) is 35.9 Å². The highest BCUT2D eigenvalue weighted by Crippen LogP contribution is 2.44. The Balaban J connectivity index is 1.59. The van der Waals surface area contributed by atoms with E-state index in [-0.39, 0.29) is 5.91 Å². The van der Waals surface area contributed by atoms with Crippen molar-refractivity contribution >= 4 is 34.2 Å². The van der Waals surface area contributed by atoms with Gasteiger partial charge in [0, 0.05) is 10.7 Å². The molecule has 5 rings (SSSR count). The number of rotatable bonds is 4. The van der Waals surface area contributed by atoms with E-state index in [2.05, 4.69) is 5.32 Å². The standard InChI is InChI=1S/C25H18ClNO5/c1-30-17-12-10-16(11-13-17)27-24(28)23-20(14-6-8-15(26)9-7-14)21-22(32-23)18-4-2-3-5-19(18)31-25(21)29/h2-13,20,23H,1H3,(H,27,28)/t20-,23+/m1/s1. The number of para-hydroxylation sites is 1. The molecule has 3 aromatic carbocycles. The van der Waals surface area contributed by atoms with Crippen molar-refractivity contribution in [3.8, 4) is 11.5 Å². The molecule has 0 unspecified atom stereocenters. The molecule has 0 bridgehead atoms. The second-order valence-electron chi connectivity index (χ2n) is 7.41. The van der Waals surface area contributed by atoms with Gasteiger partial charge < -0.3 is 19.2 Å². The first-order chi connectivity index (χ1) is 15.5. The molecule has 0 saturated carbocycles.